The van der Waals surface area contributed by atoms with E-state index in [1.165, 1.54) is 11.3 Å². The summed E-state index contributed by atoms with van der Waals surface area (Å²) in [5.41, 5.74) is 10.8. The molecule has 1 aliphatic carbocycles. The highest BCUT2D eigenvalue weighted by Crippen LogP contribution is 2.30. The molecule has 2 aromatic carbocycles. The second-order valence-corrected chi connectivity index (χ2v) is 8.32. The van der Waals surface area contributed by atoms with E-state index in [2.05, 4.69) is 51.6 Å². The van der Waals surface area contributed by atoms with E-state index in [1.807, 2.05) is 24.3 Å². The molecule has 0 unspecified atom stereocenters. The molecule has 33 heavy (non-hydrogen) atoms. The predicted octanol–water partition coefficient (Wildman–Crippen LogP) is 2.83. The molecule has 172 valence electrons. The summed E-state index contributed by atoms with van der Waals surface area (Å²) >= 11 is 0. The molecule has 4 N–H and O–H groups in total. The number of nitrogens with two attached hydrogens (primary N) is 1. The molecular weight excluding hydrogens is 414 g/mol. The molecule has 1 fully saturated rings. The van der Waals surface area contributed by atoms with Crippen LogP contribution in [0.5, 0.6) is 0 Å². The van der Waals surface area contributed by atoms with Gasteiger partial charge in [-0.05, 0) is 43.2 Å². The zero-order chi connectivity index (χ0) is 23.2. The largest absolute Gasteiger partial charge is 0.368 e. The Bertz CT molecular complexity index is 1080. The van der Waals surface area contributed by atoms with Crippen LogP contribution in [0.4, 0.5) is 17.1 Å². The van der Waals surface area contributed by atoms with Crippen molar-refractivity contribution in [3.63, 3.8) is 0 Å². The van der Waals surface area contributed by atoms with Gasteiger partial charge >= 0.3 is 0 Å². The van der Waals surface area contributed by atoms with Crippen molar-refractivity contribution in [2.24, 2.45) is 5.73 Å². The second kappa shape index (κ2) is 10.4. The van der Waals surface area contributed by atoms with Gasteiger partial charge in [-0.25, -0.2) is 0 Å². The summed E-state index contributed by atoms with van der Waals surface area (Å²) in [6.45, 7) is 6.32. The minimum Gasteiger partial charge on any atom is -0.368 e. The number of nitrogens with one attached hydrogen (secondary N) is 2. The Morgan fingerprint density at radius 3 is 2.36 bits per heavy atom. The maximum atomic E-state index is 12.8. The van der Waals surface area contributed by atoms with Crippen molar-refractivity contribution in [1.29, 1.82) is 0 Å². The van der Waals surface area contributed by atoms with Crippen LogP contribution in [0.2, 0.25) is 0 Å². The first kappa shape index (κ1) is 22.6. The Kier molecular flexibility index (Phi) is 7.10. The number of amides is 2. The topological polar surface area (TPSA) is 90.7 Å². The highest BCUT2D eigenvalue weighted by molar-refractivity contribution is 6.07. The van der Waals surface area contributed by atoms with Crippen LogP contribution in [-0.2, 0) is 4.79 Å². The lowest BCUT2D eigenvalue weighted by atomic mass is 10.1. The van der Waals surface area contributed by atoms with Crippen LogP contribution in [-0.4, -0.2) is 51.1 Å². The Morgan fingerprint density at radius 2 is 1.70 bits per heavy atom. The fourth-order valence-corrected chi connectivity index (χ4v) is 4.27. The van der Waals surface area contributed by atoms with Gasteiger partial charge in [-0.1, -0.05) is 36.4 Å². The first-order valence-corrected chi connectivity index (χ1v) is 11.4. The number of anilines is 3. The molecule has 0 spiro atoms. The van der Waals surface area contributed by atoms with E-state index in [9.17, 15) is 9.59 Å². The molecular formula is C26H31N5O2. The standard InChI is InChI=1S/C26H31N5O2/c1-19-6-2-5-9-23(19)30-14-16-31(17-15-30)24-11-10-21(25(32)28-13-12-27)18-22(24)29-26(33)20-7-3-4-8-20/h2-7,9-11,18H,8,12-17,27H2,1H3,(H,28,32)(H,29,33). The molecule has 2 aromatic rings. The van der Waals surface area contributed by atoms with E-state index >= 15 is 0 Å². The highest BCUT2D eigenvalue weighted by atomic mass is 16.2. The van der Waals surface area contributed by atoms with E-state index in [0.29, 0.717) is 36.3 Å². The normalized spacial score (nSPS) is 15.4. The fraction of sp³-hybridized carbons (Fsp3) is 0.308. The van der Waals surface area contributed by atoms with Gasteiger partial charge in [-0.3, -0.25) is 9.59 Å². The number of allylic oxidation sites excluding steroid dienone is 3. The molecule has 7 heteroatoms. The van der Waals surface area contributed by atoms with Gasteiger partial charge in [0.05, 0.1) is 11.4 Å². The molecule has 1 aliphatic heterocycles. The molecule has 0 aromatic heterocycles. The van der Waals surface area contributed by atoms with Crippen LogP contribution in [0, 0.1) is 6.92 Å². The lowest BCUT2D eigenvalue weighted by Gasteiger charge is -2.38. The molecule has 1 heterocycles. The summed E-state index contributed by atoms with van der Waals surface area (Å²) in [5.74, 6) is -0.340. The van der Waals surface area contributed by atoms with Crippen LogP contribution in [0.15, 0.2) is 66.3 Å². The predicted molar refractivity (Wildman–Crippen MR) is 134 cm³/mol. The Hall–Kier alpha value is -3.58. The molecule has 0 atom stereocenters. The summed E-state index contributed by atoms with van der Waals surface area (Å²) in [4.78, 5) is 30.0. The molecule has 4 rings (SSSR count). The van der Waals surface area contributed by atoms with Gasteiger partial charge in [0, 0.05) is 56.1 Å². The first-order chi connectivity index (χ1) is 16.1. The number of para-hydroxylation sites is 1. The van der Waals surface area contributed by atoms with Gasteiger partial charge in [-0.2, -0.15) is 0 Å². The highest BCUT2D eigenvalue weighted by Gasteiger charge is 2.22. The van der Waals surface area contributed by atoms with Gasteiger partial charge in [-0.15, -0.1) is 0 Å². The van der Waals surface area contributed by atoms with Gasteiger partial charge in [0.15, 0.2) is 0 Å². The number of carbonyl (C=O) groups is 2. The average Bonchev–Trinajstić information content (AvgIpc) is 3.38. The lowest BCUT2D eigenvalue weighted by molar-refractivity contribution is -0.112. The van der Waals surface area contributed by atoms with Crippen molar-refractivity contribution in [3.05, 3.63) is 77.4 Å². The van der Waals surface area contributed by atoms with Gasteiger partial charge < -0.3 is 26.2 Å². The monoisotopic (exact) mass is 445 g/mol. The molecule has 0 saturated carbocycles. The third-order valence-electron chi connectivity index (χ3n) is 6.08. The van der Waals surface area contributed by atoms with Gasteiger partial charge in [0.2, 0.25) is 0 Å². The number of rotatable bonds is 7. The number of benzene rings is 2. The number of hydrogen-bond acceptors (Lipinski definition) is 5. The van der Waals surface area contributed by atoms with Gasteiger partial charge in [0.1, 0.15) is 0 Å². The zero-order valence-corrected chi connectivity index (χ0v) is 19.0. The van der Waals surface area contributed by atoms with Crippen LogP contribution in [0.3, 0.4) is 0 Å². The number of carbonyl (C=O) groups excluding carboxylic acids is 2. The summed E-state index contributed by atoms with van der Waals surface area (Å²) in [7, 11) is 0. The Morgan fingerprint density at radius 1 is 0.970 bits per heavy atom. The molecule has 0 bridgehead atoms. The Labute approximate surface area is 194 Å². The first-order valence-electron chi connectivity index (χ1n) is 11.4. The summed E-state index contributed by atoms with van der Waals surface area (Å²) in [6, 6.07) is 13.9. The molecule has 0 radical (unpaired) electrons. The second-order valence-electron chi connectivity index (χ2n) is 8.32. The van der Waals surface area contributed by atoms with Crippen LogP contribution in [0.25, 0.3) is 0 Å². The molecule has 7 nitrogen and oxygen atoms in total. The van der Waals surface area contributed by atoms with Crippen LogP contribution in [0.1, 0.15) is 22.3 Å². The fourth-order valence-electron chi connectivity index (χ4n) is 4.27. The number of aryl methyl sites for hydroxylation is 1. The SMILES string of the molecule is Cc1ccccc1N1CCN(c2ccc(C(=O)NCCN)cc2NC(=O)C2=CC=CC2)CC1. The quantitative estimate of drug-likeness (QED) is 0.610. The maximum absolute atomic E-state index is 12.8. The van der Waals surface area contributed by atoms with E-state index in [1.54, 1.807) is 12.1 Å². The molecule has 1 saturated heterocycles. The van der Waals surface area contributed by atoms with Gasteiger partial charge in [0.25, 0.3) is 11.8 Å². The van der Waals surface area contributed by atoms with Crippen molar-refractivity contribution in [1.82, 2.24) is 5.32 Å². The minimum atomic E-state index is -0.200. The smallest absolute Gasteiger partial charge is 0.251 e. The minimum absolute atomic E-state index is 0.140. The number of hydrogen-bond donors (Lipinski definition) is 3. The van der Waals surface area contributed by atoms with Crippen molar-refractivity contribution >= 4 is 28.9 Å². The summed E-state index contributed by atoms with van der Waals surface area (Å²) in [5, 5.41) is 5.84. The summed E-state index contributed by atoms with van der Waals surface area (Å²) in [6.07, 6.45) is 6.29. The van der Waals surface area contributed by atoms with Crippen molar-refractivity contribution in [2.45, 2.75) is 13.3 Å². The van der Waals surface area contributed by atoms with E-state index < -0.39 is 0 Å². The third kappa shape index (κ3) is 5.26. The van der Waals surface area contributed by atoms with Crippen LogP contribution < -0.4 is 26.2 Å². The van der Waals surface area contributed by atoms with E-state index in [4.69, 9.17) is 5.73 Å². The van der Waals surface area contributed by atoms with E-state index in [-0.39, 0.29) is 11.8 Å². The zero-order valence-electron chi connectivity index (χ0n) is 19.0. The number of nitrogens with zero attached hydrogens (tertiary/aromatic N) is 2. The Balaban J connectivity index is 1.54. The van der Waals surface area contributed by atoms with Crippen molar-refractivity contribution in [2.75, 3.05) is 54.4 Å². The lowest BCUT2D eigenvalue weighted by Crippen LogP contribution is -2.47. The van der Waals surface area contributed by atoms with Crippen LogP contribution >= 0.6 is 0 Å². The molecule has 2 amide bonds. The molecule has 2 aliphatic rings. The van der Waals surface area contributed by atoms with E-state index in [0.717, 1.165) is 31.9 Å². The number of piperazine rings is 1. The summed E-state index contributed by atoms with van der Waals surface area (Å²) < 4.78 is 0. The van der Waals surface area contributed by atoms with Crippen molar-refractivity contribution in [3.8, 4) is 0 Å². The van der Waals surface area contributed by atoms with Crippen molar-refractivity contribution < 1.29 is 9.59 Å². The average molecular weight is 446 g/mol. The third-order valence-corrected chi connectivity index (χ3v) is 6.08. The maximum Gasteiger partial charge on any atom is 0.251 e.